The van der Waals surface area contributed by atoms with Crippen LogP contribution in [-0.4, -0.2) is 51.9 Å². The molecule has 2 rings (SSSR count). The van der Waals surface area contributed by atoms with Crippen molar-refractivity contribution < 1.29 is 34.1 Å². The van der Waals surface area contributed by atoms with Gasteiger partial charge in [0.2, 0.25) is 0 Å². The lowest BCUT2D eigenvalue weighted by Gasteiger charge is -2.26. The molecule has 1 heterocycles. The first-order valence-electron chi connectivity index (χ1n) is 8.99. The lowest BCUT2D eigenvalue weighted by atomic mass is 9.73. The molecule has 28 heavy (non-hydrogen) atoms. The monoisotopic (exact) mass is 411 g/mol. The number of ketones is 2. The van der Waals surface area contributed by atoms with Crippen LogP contribution in [0.15, 0.2) is 18.5 Å². The Hall–Kier alpha value is -2.32. The smallest absolute Gasteiger partial charge is 0.325 e. The van der Waals surface area contributed by atoms with Gasteiger partial charge in [0.05, 0.1) is 5.02 Å². The molecule has 0 bridgehead atoms. The van der Waals surface area contributed by atoms with Gasteiger partial charge < -0.3 is 14.9 Å². The van der Waals surface area contributed by atoms with Crippen LogP contribution >= 0.6 is 11.6 Å². The van der Waals surface area contributed by atoms with Gasteiger partial charge in [-0.3, -0.25) is 24.2 Å². The molecule has 8 nitrogen and oxygen atoms in total. The molecule has 0 aliphatic heterocycles. The number of carbonyl (C=O) groups is 4. The molecular weight excluding hydrogens is 390 g/mol. The maximum Gasteiger partial charge on any atom is 0.325 e. The highest BCUT2D eigenvalue weighted by molar-refractivity contribution is 6.32. The lowest BCUT2D eigenvalue weighted by molar-refractivity contribution is -0.153. The van der Waals surface area contributed by atoms with Crippen LogP contribution in [0.5, 0.6) is 0 Å². The second kappa shape index (κ2) is 9.75. The van der Waals surface area contributed by atoms with Crippen molar-refractivity contribution in [1.82, 2.24) is 4.98 Å². The molecule has 2 N–H and O–H groups in total. The van der Waals surface area contributed by atoms with Crippen LogP contribution < -0.4 is 0 Å². The average molecular weight is 412 g/mol. The summed E-state index contributed by atoms with van der Waals surface area (Å²) in [6.45, 7) is -0.158. The van der Waals surface area contributed by atoms with E-state index in [1.807, 2.05) is 0 Å². The van der Waals surface area contributed by atoms with Gasteiger partial charge in [0.25, 0.3) is 0 Å². The molecule has 152 valence electrons. The lowest BCUT2D eigenvalue weighted by Crippen LogP contribution is -2.48. The number of pyridine rings is 1. The van der Waals surface area contributed by atoms with Crippen molar-refractivity contribution in [3.05, 3.63) is 29.0 Å². The van der Waals surface area contributed by atoms with E-state index in [1.54, 1.807) is 0 Å². The van der Waals surface area contributed by atoms with Gasteiger partial charge in [-0.2, -0.15) is 0 Å². The summed E-state index contributed by atoms with van der Waals surface area (Å²) < 4.78 is 5.33. The zero-order chi connectivity index (χ0) is 20.7. The molecule has 1 saturated carbocycles. The molecule has 1 unspecified atom stereocenters. The second-order valence-electron chi connectivity index (χ2n) is 6.91. The van der Waals surface area contributed by atoms with E-state index in [0.717, 1.165) is 19.0 Å². The van der Waals surface area contributed by atoms with Crippen molar-refractivity contribution in [2.45, 2.75) is 38.5 Å². The first-order valence-corrected chi connectivity index (χ1v) is 9.36. The maximum atomic E-state index is 13.1. The number of Topliss-reactive ketones (excluding diaryl/α,β-unsaturated/α-hetero) is 2. The van der Waals surface area contributed by atoms with Crippen molar-refractivity contribution in [2.24, 2.45) is 11.3 Å². The van der Waals surface area contributed by atoms with Crippen molar-refractivity contribution in [2.75, 3.05) is 13.2 Å². The second-order valence-corrected chi connectivity index (χ2v) is 7.35. The predicted octanol–water partition coefficient (Wildman–Crippen LogP) is 2.63. The molecule has 0 amide bonds. The van der Waals surface area contributed by atoms with E-state index in [0.29, 0.717) is 12.5 Å². The molecule has 0 spiro atoms. The Balaban J connectivity index is 2.25. The number of carboxylic acids is 2. The number of unbranched alkanes of at least 4 members (excludes halogenated alkanes) is 1. The third-order valence-electron chi connectivity index (χ3n) is 4.67. The maximum absolute atomic E-state index is 13.1. The molecule has 1 aromatic rings. The van der Waals surface area contributed by atoms with Gasteiger partial charge in [0, 0.05) is 31.0 Å². The molecule has 0 radical (unpaired) electrons. The summed E-state index contributed by atoms with van der Waals surface area (Å²) in [6.07, 6.45) is 4.15. The number of aliphatic carboxylic acids is 2. The van der Waals surface area contributed by atoms with E-state index >= 15 is 0 Å². The number of hydrogen-bond acceptors (Lipinski definition) is 6. The van der Waals surface area contributed by atoms with Crippen molar-refractivity contribution >= 4 is 35.1 Å². The summed E-state index contributed by atoms with van der Waals surface area (Å²) in [5, 5.41) is 18.8. The van der Waals surface area contributed by atoms with Crippen LogP contribution in [-0.2, 0) is 19.1 Å². The number of carbonyl (C=O) groups excluding carboxylic acids is 2. The Bertz CT molecular complexity index is 762. The Morgan fingerprint density at radius 2 is 1.89 bits per heavy atom. The fourth-order valence-corrected chi connectivity index (χ4v) is 3.05. The van der Waals surface area contributed by atoms with Crippen molar-refractivity contribution in [1.29, 1.82) is 0 Å². The molecule has 1 atom stereocenters. The first kappa shape index (κ1) is 22.0. The Kier molecular flexibility index (Phi) is 7.65. The quantitative estimate of drug-likeness (QED) is 0.287. The Morgan fingerprint density at radius 1 is 1.18 bits per heavy atom. The van der Waals surface area contributed by atoms with Crippen molar-refractivity contribution in [3.63, 3.8) is 0 Å². The molecule has 1 aliphatic rings. The first-order chi connectivity index (χ1) is 13.3. The largest absolute Gasteiger partial charge is 0.481 e. The molecule has 1 aliphatic carbocycles. The van der Waals surface area contributed by atoms with Crippen LogP contribution in [0.1, 0.15) is 48.9 Å². The Morgan fingerprint density at radius 3 is 2.46 bits per heavy atom. The van der Waals surface area contributed by atoms with Crippen LogP contribution in [0.3, 0.4) is 0 Å². The summed E-state index contributed by atoms with van der Waals surface area (Å²) in [7, 11) is 0. The molecule has 0 saturated heterocycles. The van der Waals surface area contributed by atoms with Gasteiger partial charge in [-0.15, -0.1) is 0 Å². The number of ether oxygens (including phenoxy) is 1. The molecular formula is C19H22ClNO7. The van der Waals surface area contributed by atoms with Gasteiger partial charge in [0.15, 0.2) is 17.0 Å². The van der Waals surface area contributed by atoms with Gasteiger partial charge in [-0.25, -0.2) is 0 Å². The number of halogens is 1. The minimum Gasteiger partial charge on any atom is -0.481 e. The van der Waals surface area contributed by atoms with E-state index in [1.165, 1.54) is 12.3 Å². The summed E-state index contributed by atoms with van der Waals surface area (Å²) in [5.41, 5.74) is -2.46. The van der Waals surface area contributed by atoms with E-state index < -0.39 is 35.5 Å². The van der Waals surface area contributed by atoms with Gasteiger partial charge >= 0.3 is 11.9 Å². The number of rotatable bonds is 13. The molecule has 1 aromatic heterocycles. The topological polar surface area (TPSA) is 131 Å². The van der Waals surface area contributed by atoms with Crippen LogP contribution in [0, 0.1) is 11.3 Å². The SMILES string of the molecule is O=C(O)CCCCC(C(=O)O)(C(=O)COCC1CC1)C(=O)c1cncc(Cl)c1. The molecule has 9 heteroatoms. The Labute approximate surface area is 166 Å². The van der Waals surface area contributed by atoms with Gasteiger partial charge in [-0.1, -0.05) is 18.0 Å². The van der Waals surface area contributed by atoms with E-state index in [9.17, 15) is 24.3 Å². The standard InChI is InChI=1S/C19H22ClNO7/c20-14-7-13(8-21-9-14)17(25)19(18(26)27,6-2-1-3-16(23)24)15(22)11-28-10-12-4-5-12/h7-9,12H,1-6,10-11H2,(H,23,24)(H,26,27). The highest BCUT2D eigenvalue weighted by atomic mass is 35.5. The summed E-state index contributed by atoms with van der Waals surface area (Å²) >= 11 is 5.85. The number of hydrogen-bond donors (Lipinski definition) is 2. The number of carboxylic acid groups (broad SMARTS) is 2. The molecule has 0 aromatic carbocycles. The summed E-state index contributed by atoms with van der Waals surface area (Å²) in [6, 6.07) is 1.25. The number of aromatic nitrogens is 1. The fraction of sp³-hybridized carbons (Fsp3) is 0.526. The third kappa shape index (κ3) is 5.59. The van der Waals surface area contributed by atoms with E-state index in [-0.39, 0.29) is 36.3 Å². The predicted molar refractivity (Wildman–Crippen MR) is 98.3 cm³/mol. The molecule has 1 fully saturated rings. The highest BCUT2D eigenvalue weighted by Gasteiger charge is 2.52. The summed E-state index contributed by atoms with van der Waals surface area (Å²) in [4.78, 5) is 52.5. The fourth-order valence-electron chi connectivity index (χ4n) is 2.88. The average Bonchev–Trinajstić information content (AvgIpc) is 3.45. The number of nitrogens with zero attached hydrogens (tertiary/aromatic N) is 1. The minimum atomic E-state index is -2.37. The zero-order valence-corrected chi connectivity index (χ0v) is 16.0. The minimum absolute atomic E-state index is 0.0761. The van der Waals surface area contributed by atoms with E-state index in [4.69, 9.17) is 21.4 Å². The van der Waals surface area contributed by atoms with Crippen LogP contribution in [0.25, 0.3) is 0 Å². The summed E-state index contributed by atoms with van der Waals surface area (Å²) in [5.74, 6) is -4.04. The highest BCUT2D eigenvalue weighted by Crippen LogP contribution is 2.33. The normalized spacial score (nSPS) is 15.6. The van der Waals surface area contributed by atoms with Crippen LogP contribution in [0.4, 0.5) is 0 Å². The van der Waals surface area contributed by atoms with E-state index in [2.05, 4.69) is 4.98 Å². The van der Waals surface area contributed by atoms with Gasteiger partial charge in [0.1, 0.15) is 6.61 Å². The van der Waals surface area contributed by atoms with Crippen LogP contribution in [0.2, 0.25) is 5.02 Å². The zero-order valence-electron chi connectivity index (χ0n) is 15.2. The van der Waals surface area contributed by atoms with Crippen molar-refractivity contribution in [3.8, 4) is 0 Å². The third-order valence-corrected chi connectivity index (χ3v) is 4.88. The van der Waals surface area contributed by atoms with Gasteiger partial charge in [-0.05, 0) is 37.7 Å².